The Kier molecular flexibility index (Phi) is 2.44. The van der Waals surface area contributed by atoms with Crippen LogP contribution in [0, 0.1) is 23.2 Å². The monoisotopic (exact) mass is 211 g/mol. The Morgan fingerprint density at radius 1 is 1.40 bits per heavy atom. The van der Waals surface area contributed by atoms with Crippen LogP contribution in [0.5, 0.6) is 0 Å². The Labute approximate surface area is 91.6 Å². The summed E-state index contributed by atoms with van der Waals surface area (Å²) in [7, 11) is 1.42. The molecule has 2 bridgehead atoms. The number of nitrogens with one attached hydrogen (secondary N) is 1. The first-order valence-electron chi connectivity index (χ1n) is 5.81. The zero-order valence-electron chi connectivity index (χ0n) is 10.0. The minimum Gasteiger partial charge on any atom is -0.453 e. The van der Waals surface area contributed by atoms with Crippen molar-refractivity contribution in [1.29, 1.82) is 0 Å². The SMILES string of the molecule is COC(=O)N[C@@H]1C[C@@H]2C[C@H]([C@H]1C)C2(C)C. The molecule has 0 aromatic carbocycles. The van der Waals surface area contributed by atoms with E-state index in [1.54, 1.807) is 0 Å². The third-order valence-corrected chi connectivity index (χ3v) is 4.84. The zero-order chi connectivity index (χ0) is 11.2. The highest BCUT2D eigenvalue weighted by Crippen LogP contribution is 2.61. The van der Waals surface area contributed by atoms with Crippen molar-refractivity contribution in [2.45, 2.75) is 39.7 Å². The normalized spacial score (nSPS) is 41.6. The highest BCUT2D eigenvalue weighted by Gasteiger charge is 2.56. The number of carbonyl (C=O) groups is 1. The van der Waals surface area contributed by atoms with E-state index in [-0.39, 0.29) is 6.09 Å². The Morgan fingerprint density at radius 3 is 2.53 bits per heavy atom. The Hall–Kier alpha value is -0.730. The second-order valence-electron chi connectivity index (χ2n) is 5.70. The lowest BCUT2D eigenvalue weighted by atomic mass is 9.45. The predicted octanol–water partition coefficient (Wildman–Crippen LogP) is 2.41. The van der Waals surface area contributed by atoms with Crippen molar-refractivity contribution in [2.24, 2.45) is 23.2 Å². The molecule has 0 aliphatic heterocycles. The standard InChI is InChI=1S/C12H21NO2/c1-7-9-5-8(12(9,2)3)6-10(7)13-11(14)15-4/h7-10H,5-6H2,1-4H3,(H,13,14)/t7-,8+,9-,10-/m1/s1. The molecule has 4 atom stereocenters. The summed E-state index contributed by atoms with van der Waals surface area (Å²) in [5, 5.41) is 2.96. The fourth-order valence-electron chi connectivity index (χ4n) is 3.55. The number of alkyl carbamates (subject to hydrolysis) is 1. The van der Waals surface area contributed by atoms with Crippen LogP contribution in [-0.2, 0) is 4.74 Å². The number of fused-ring (bicyclic) bond motifs is 2. The fourth-order valence-corrected chi connectivity index (χ4v) is 3.55. The molecule has 0 heterocycles. The predicted molar refractivity (Wildman–Crippen MR) is 58.5 cm³/mol. The molecule has 3 saturated carbocycles. The number of methoxy groups -OCH3 is 1. The Balaban J connectivity index is 1.99. The van der Waals surface area contributed by atoms with Crippen LogP contribution >= 0.6 is 0 Å². The lowest BCUT2D eigenvalue weighted by Gasteiger charge is -2.62. The summed E-state index contributed by atoms with van der Waals surface area (Å²) >= 11 is 0. The molecule has 0 radical (unpaired) electrons. The molecule has 3 aliphatic rings. The first-order chi connectivity index (χ1) is 6.96. The van der Waals surface area contributed by atoms with E-state index in [4.69, 9.17) is 0 Å². The van der Waals surface area contributed by atoms with E-state index in [9.17, 15) is 4.79 Å². The fraction of sp³-hybridized carbons (Fsp3) is 0.917. The maximum atomic E-state index is 11.2. The van der Waals surface area contributed by atoms with Gasteiger partial charge in [0.2, 0.25) is 0 Å². The number of rotatable bonds is 1. The third kappa shape index (κ3) is 1.52. The van der Waals surface area contributed by atoms with E-state index < -0.39 is 0 Å². The Morgan fingerprint density at radius 2 is 2.07 bits per heavy atom. The summed E-state index contributed by atoms with van der Waals surface area (Å²) in [5.74, 6) is 2.11. The van der Waals surface area contributed by atoms with Gasteiger partial charge in [0.15, 0.2) is 0 Å². The molecule has 86 valence electrons. The molecule has 3 aliphatic carbocycles. The lowest BCUT2D eigenvalue weighted by Crippen LogP contribution is -2.60. The third-order valence-electron chi connectivity index (χ3n) is 4.84. The molecule has 3 heteroatoms. The molecule has 3 rings (SSSR count). The molecule has 0 saturated heterocycles. The second-order valence-corrected chi connectivity index (χ2v) is 5.70. The minimum absolute atomic E-state index is 0.286. The van der Waals surface area contributed by atoms with Crippen molar-refractivity contribution < 1.29 is 9.53 Å². The number of ether oxygens (including phenoxy) is 1. The topological polar surface area (TPSA) is 38.3 Å². The minimum atomic E-state index is -0.286. The van der Waals surface area contributed by atoms with Crippen molar-refractivity contribution in [3.05, 3.63) is 0 Å². The molecule has 0 spiro atoms. The van der Waals surface area contributed by atoms with E-state index in [1.165, 1.54) is 13.5 Å². The molecule has 15 heavy (non-hydrogen) atoms. The van der Waals surface area contributed by atoms with Gasteiger partial charge >= 0.3 is 6.09 Å². The van der Waals surface area contributed by atoms with Crippen LogP contribution in [0.25, 0.3) is 0 Å². The summed E-state index contributed by atoms with van der Waals surface area (Å²) < 4.78 is 4.65. The smallest absolute Gasteiger partial charge is 0.407 e. The van der Waals surface area contributed by atoms with Crippen molar-refractivity contribution in [1.82, 2.24) is 5.32 Å². The van der Waals surface area contributed by atoms with Gasteiger partial charge in [-0.3, -0.25) is 0 Å². The lowest BCUT2D eigenvalue weighted by molar-refractivity contribution is -0.113. The molecular weight excluding hydrogens is 190 g/mol. The molecule has 0 aromatic heterocycles. The summed E-state index contributed by atoms with van der Waals surface area (Å²) in [6.07, 6.45) is 2.17. The highest BCUT2D eigenvalue weighted by atomic mass is 16.5. The van der Waals surface area contributed by atoms with Crippen LogP contribution in [0.1, 0.15) is 33.6 Å². The van der Waals surface area contributed by atoms with Gasteiger partial charge in [0.05, 0.1) is 7.11 Å². The average molecular weight is 211 g/mol. The van der Waals surface area contributed by atoms with E-state index in [2.05, 4.69) is 30.8 Å². The van der Waals surface area contributed by atoms with Gasteiger partial charge in [-0.25, -0.2) is 4.79 Å². The summed E-state index contributed by atoms with van der Waals surface area (Å²) in [6, 6.07) is 0.314. The molecule has 1 amide bonds. The second kappa shape index (κ2) is 3.39. The van der Waals surface area contributed by atoms with Crippen molar-refractivity contribution in [3.8, 4) is 0 Å². The van der Waals surface area contributed by atoms with Crippen LogP contribution in [0.2, 0.25) is 0 Å². The molecule has 1 N–H and O–H groups in total. The van der Waals surface area contributed by atoms with Gasteiger partial charge < -0.3 is 10.1 Å². The van der Waals surface area contributed by atoms with Gasteiger partial charge in [-0.15, -0.1) is 0 Å². The summed E-state index contributed by atoms with van der Waals surface area (Å²) in [4.78, 5) is 11.2. The molecular formula is C12H21NO2. The molecule has 0 aromatic rings. The zero-order valence-corrected chi connectivity index (χ0v) is 10.0. The van der Waals surface area contributed by atoms with E-state index in [0.717, 1.165) is 18.3 Å². The highest BCUT2D eigenvalue weighted by molar-refractivity contribution is 5.67. The van der Waals surface area contributed by atoms with Crippen molar-refractivity contribution in [3.63, 3.8) is 0 Å². The number of carbonyl (C=O) groups excluding carboxylic acids is 1. The van der Waals surface area contributed by atoms with Crippen molar-refractivity contribution >= 4 is 6.09 Å². The molecule has 3 fully saturated rings. The molecule has 0 unspecified atom stereocenters. The van der Waals surface area contributed by atoms with E-state index in [1.807, 2.05) is 0 Å². The van der Waals surface area contributed by atoms with Crippen molar-refractivity contribution in [2.75, 3.05) is 7.11 Å². The van der Waals surface area contributed by atoms with Gasteiger partial charge in [-0.1, -0.05) is 20.8 Å². The maximum absolute atomic E-state index is 11.2. The first kappa shape index (κ1) is 10.8. The van der Waals surface area contributed by atoms with Gasteiger partial charge in [-0.05, 0) is 36.0 Å². The number of hydrogen-bond acceptors (Lipinski definition) is 2. The molecule has 3 nitrogen and oxygen atoms in total. The van der Waals surface area contributed by atoms with Gasteiger partial charge in [0.1, 0.15) is 0 Å². The van der Waals surface area contributed by atoms with Gasteiger partial charge in [0.25, 0.3) is 0 Å². The summed E-state index contributed by atoms with van der Waals surface area (Å²) in [6.45, 7) is 6.97. The maximum Gasteiger partial charge on any atom is 0.407 e. The first-order valence-corrected chi connectivity index (χ1v) is 5.81. The summed E-state index contributed by atoms with van der Waals surface area (Å²) in [5.41, 5.74) is 0.480. The van der Waals surface area contributed by atoms with Gasteiger partial charge in [-0.2, -0.15) is 0 Å². The van der Waals surface area contributed by atoms with Gasteiger partial charge in [0, 0.05) is 6.04 Å². The largest absolute Gasteiger partial charge is 0.453 e. The van der Waals surface area contributed by atoms with Crippen LogP contribution < -0.4 is 5.32 Å². The average Bonchev–Trinajstić information content (AvgIpc) is 2.19. The Bertz CT molecular complexity index is 275. The van der Waals surface area contributed by atoms with Crippen LogP contribution in [0.15, 0.2) is 0 Å². The van der Waals surface area contributed by atoms with E-state index in [0.29, 0.717) is 17.4 Å². The van der Waals surface area contributed by atoms with E-state index >= 15 is 0 Å². The van der Waals surface area contributed by atoms with Crippen LogP contribution in [-0.4, -0.2) is 19.2 Å². The van der Waals surface area contributed by atoms with Crippen LogP contribution in [0.3, 0.4) is 0 Å². The quantitative estimate of drug-likeness (QED) is 0.723. The number of hydrogen-bond donors (Lipinski definition) is 1. The van der Waals surface area contributed by atoms with Crippen LogP contribution in [0.4, 0.5) is 4.79 Å². The number of amides is 1.